The highest BCUT2D eigenvalue weighted by atomic mass is 79.9. The number of anilines is 1. The van der Waals surface area contributed by atoms with Gasteiger partial charge in [-0.2, -0.15) is 0 Å². The third kappa shape index (κ3) is 2.62. The molecule has 0 unspecified atom stereocenters. The van der Waals surface area contributed by atoms with Gasteiger partial charge in [0.1, 0.15) is 0 Å². The summed E-state index contributed by atoms with van der Waals surface area (Å²) in [4.78, 5) is 2.50. The van der Waals surface area contributed by atoms with Crippen molar-refractivity contribution in [2.75, 3.05) is 18.0 Å². The molecule has 1 fully saturated rings. The van der Waals surface area contributed by atoms with Crippen molar-refractivity contribution in [2.24, 2.45) is 5.41 Å². The van der Waals surface area contributed by atoms with E-state index in [0.717, 1.165) is 16.3 Å². The van der Waals surface area contributed by atoms with E-state index in [1.54, 1.807) is 0 Å². The van der Waals surface area contributed by atoms with Gasteiger partial charge in [-0.25, -0.2) is 0 Å². The second-order valence-electron chi connectivity index (χ2n) is 5.24. The summed E-state index contributed by atoms with van der Waals surface area (Å²) in [6.45, 7) is 7.02. The molecule has 0 N–H and O–H groups in total. The zero-order valence-electron chi connectivity index (χ0n) is 9.76. The molecular formula is C13H17Br2N. The van der Waals surface area contributed by atoms with Gasteiger partial charge in [0.05, 0.1) is 0 Å². The van der Waals surface area contributed by atoms with Crippen LogP contribution in [0.5, 0.6) is 0 Å². The number of hydrogen-bond acceptors (Lipinski definition) is 1. The maximum Gasteiger partial charge on any atom is 0.0418 e. The first kappa shape index (κ1) is 12.4. The maximum absolute atomic E-state index is 3.57. The summed E-state index contributed by atoms with van der Waals surface area (Å²) in [5.41, 5.74) is 3.20. The lowest BCUT2D eigenvalue weighted by Gasteiger charge is -2.24. The number of hydrogen-bond donors (Lipinski definition) is 0. The van der Waals surface area contributed by atoms with Gasteiger partial charge in [-0.05, 0) is 29.5 Å². The van der Waals surface area contributed by atoms with Crippen LogP contribution in [0.1, 0.15) is 25.8 Å². The van der Waals surface area contributed by atoms with E-state index in [4.69, 9.17) is 0 Å². The largest absolute Gasteiger partial charge is 0.371 e. The molecule has 88 valence electrons. The highest BCUT2D eigenvalue weighted by Crippen LogP contribution is 2.35. The van der Waals surface area contributed by atoms with Gasteiger partial charge in [-0.1, -0.05) is 51.8 Å². The monoisotopic (exact) mass is 345 g/mol. The van der Waals surface area contributed by atoms with E-state index in [9.17, 15) is 0 Å². The normalized spacial score (nSPS) is 19.1. The molecule has 1 aromatic carbocycles. The van der Waals surface area contributed by atoms with Crippen molar-refractivity contribution < 1.29 is 0 Å². The first-order valence-electron chi connectivity index (χ1n) is 5.61. The summed E-state index contributed by atoms with van der Waals surface area (Å²) >= 11 is 7.13. The number of halogens is 2. The minimum absolute atomic E-state index is 0.450. The number of rotatable bonds is 2. The van der Waals surface area contributed by atoms with Crippen molar-refractivity contribution in [2.45, 2.75) is 25.6 Å². The lowest BCUT2D eigenvalue weighted by molar-refractivity contribution is 0.418. The molecule has 1 heterocycles. The number of benzene rings is 1. The van der Waals surface area contributed by atoms with Gasteiger partial charge in [0.25, 0.3) is 0 Å². The molecular weight excluding hydrogens is 330 g/mol. The topological polar surface area (TPSA) is 3.24 Å². The fourth-order valence-corrected chi connectivity index (χ4v) is 3.09. The van der Waals surface area contributed by atoms with Crippen LogP contribution < -0.4 is 4.90 Å². The molecule has 0 aromatic heterocycles. The maximum atomic E-state index is 3.57. The second-order valence-corrected chi connectivity index (χ2v) is 6.72. The Labute approximate surface area is 114 Å². The molecule has 0 saturated carbocycles. The van der Waals surface area contributed by atoms with E-state index in [1.165, 1.54) is 24.2 Å². The van der Waals surface area contributed by atoms with E-state index in [2.05, 4.69) is 68.8 Å². The molecule has 1 aliphatic heterocycles. The predicted octanol–water partition coefficient (Wildman–Crippen LogP) is 4.58. The van der Waals surface area contributed by atoms with Gasteiger partial charge >= 0.3 is 0 Å². The molecule has 0 bridgehead atoms. The summed E-state index contributed by atoms with van der Waals surface area (Å²) in [6, 6.07) is 6.54. The van der Waals surface area contributed by atoms with Crippen LogP contribution in [0.25, 0.3) is 0 Å². The molecule has 1 saturated heterocycles. The summed E-state index contributed by atoms with van der Waals surface area (Å²) in [6.07, 6.45) is 1.28. The van der Waals surface area contributed by atoms with Crippen molar-refractivity contribution in [3.63, 3.8) is 0 Å². The van der Waals surface area contributed by atoms with E-state index >= 15 is 0 Å². The zero-order chi connectivity index (χ0) is 11.8. The average molecular weight is 347 g/mol. The molecule has 0 amide bonds. The Morgan fingerprint density at radius 1 is 1.38 bits per heavy atom. The molecule has 0 spiro atoms. The Bertz CT molecular complexity index is 388. The SMILES string of the molecule is CC1(C)CCN(c2cc(Br)ccc2CBr)C1. The van der Waals surface area contributed by atoms with E-state index in [1.807, 2.05) is 0 Å². The smallest absolute Gasteiger partial charge is 0.0418 e. The summed E-state index contributed by atoms with van der Waals surface area (Å²) in [7, 11) is 0. The van der Waals surface area contributed by atoms with Gasteiger partial charge in [-0.3, -0.25) is 0 Å². The van der Waals surface area contributed by atoms with Crippen LogP contribution in [-0.4, -0.2) is 13.1 Å². The fraction of sp³-hybridized carbons (Fsp3) is 0.538. The van der Waals surface area contributed by atoms with Crippen LogP contribution in [0.15, 0.2) is 22.7 Å². The van der Waals surface area contributed by atoms with Crippen molar-refractivity contribution in [1.29, 1.82) is 0 Å². The van der Waals surface area contributed by atoms with Crippen LogP contribution in [0.4, 0.5) is 5.69 Å². The van der Waals surface area contributed by atoms with Gasteiger partial charge in [-0.15, -0.1) is 0 Å². The Morgan fingerprint density at radius 2 is 2.12 bits per heavy atom. The zero-order valence-corrected chi connectivity index (χ0v) is 12.9. The number of alkyl halides is 1. The lowest BCUT2D eigenvalue weighted by atomic mass is 9.93. The minimum atomic E-state index is 0.450. The Morgan fingerprint density at radius 3 is 2.69 bits per heavy atom. The quantitative estimate of drug-likeness (QED) is 0.708. The molecule has 0 aliphatic carbocycles. The Hall–Kier alpha value is -0.0200. The van der Waals surface area contributed by atoms with Crippen LogP contribution in [-0.2, 0) is 5.33 Å². The molecule has 1 aromatic rings. The molecule has 0 radical (unpaired) electrons. The molecule has 1 nitrogen and oxygen atoms in total. The Kier molecular flexibility index (Phi) is 3.65. The Balaban J connectivity index is 2.30. The lowest BCUT2D eigenvalue weighted by Crippen LogP contribution is -2.23. The van der Waals surface area contributed by atoms with Crippen LogP contribution >= 0.6 is 31.9 Å². The van der Waals surface area contributed by atoms with Crippen molar-refractivity contribution in [3.05, 3.63) is 28.2 Å². The molecule has 0 atom stereocenters. The molecule has 2 rings (SSSR count). The van der Waals surface area contributed by atoms with E-state index in [-0.39, 0.29) is 0 Å². The van der Waals surface area contributed by atoms with Gasteiger partial charge in [0, 0.05) is 28.6 Å². The van der Waals surface area contributed by atoms with Gasteiger partial charge in [0.2, 0.25) is 0 Å². The van der Waals surface area contributed by atoms with Crippen LogP contribution in [0.3, 0.4) is 0 Å². The molecule has 1 aliphatic rings. The highest BCUT2D eigenvalue weighted by molar-refractivity contribution is 9.10. The minimum Gasteiger partial charge on any atom is -0.371 e. The van der Waals surface area contributed by atoms with E-state index in [0.29, 0.717) is 5.41 Å². The third-order valence-corrected chi connectivity index (χ3v) is 4.31. The van der Waals surface area contributed by atoms with Crippen LogP contribution in [0, 0.1) is 5.41 Å². The first-order chi connectivity index (χ1) is 7.52. The summed E-state index contributed by atoms with van der Waals surface area (Å²) in [5.74, 6) is 0. The summed E-state index contributed by atoms with van der Waals surface area (Å²) in [5, 5.41) is 0.923. The summed E-state index contributed by atoms with van der Waals surface area (Å²) < 4.78 is 1.16. The van der Waals surface area contributed by atoms with Gasteiger partial charge in [0.15, 0.2) is 0 Å². The first-order valence-corrected chi connectivity index (χ1v) is 7.53. The third-order valence-electron chi connectivity index (χ3n) is 3.21. The second kappa shape index (κ2) is 4.69. The van der Waals surface area contributed by atoms with Gasteiger partial charge < -0.3 is 4.90 Å². The van der Waals surface area contributed by atoms with Crippen molar-refractivity contribution in [3.8, 4) is 0 Å². The van der Waals surface area contributed by atoms with Crippen molar-refractivity contribution >= 4 is 37.5 Å². The highest BCUT2D eigenvalue weighted by Gasteiger charge is 2.30. The molecule has 16 heavy (non-hydrogen) atoms. The fourth-order valence-electron chi connectivity index (χ4n) is 2.26. The average Bonchev–Trinajstić information content (AvgIpc) is 2.59. The molecule has 3 heteroatoms. The predicted molar refractivity (Wildman–Crippen MR) is 77.4 cm³/mol. The standard InChI is InChI=1S/C13H17Br2N/c1-13(2)5-6-16(9-13)12-7-11(15)4-3-10(12)8-14/h3-4,7H,5-6,8-9H2,1-2H3. The van der Waals surface area contributed by atoms with Crippen LogP contribution in [0.2, 0.25) is 0 Å². The van der Waals surface area contributed by atoms with Crippen molar-refractivity contribution in [1.82, 2.24) is 0 Å². The number of nitrogens with zero attached hydrogens (tertiary/aromatic N) is 1. The van der Waals surface area contributed by atoms with E-state index < -0.39 is 0 Å².